The Balaban J connectivity index is 1.59. The minimum absolute atomic E-state index is 0.698. The van der Waals surface area contributed by atoms with Gasteiger partial charge in [0.2, 0.25) is 0 Å². The van der Waals surface area contributed by atoms with Crippen LogP contribution in [0.4, 0.5) is 0 Å². The molecule has 18 heavy (non-hydrogen) atoms. The highest BCUT2D eigenvalue weighted by molar-refractivity contribution is 8.13. The second-order valence-electron chi connectivity index (χ2n) is 5.24. The number of hydrogen-bond donors (Lipinski definition) is 1. The van der Waals surface area contributed by atoms with Crippen LogP contribution in [0, 0.1) is 12.8 Å². The molecular weight excluding hydrogens is 260 g/mol. The summed E-state index contributed by atoms with van der Waals surface area (Å²) in [4.78, 5) is 7.48. The average molecular weight is 280 g/mol. The van der Waals surface area contributed by atoms with Gasteiger partial charge in [-0.2, -0.15) is 0 Å². The van der Waals surface area contributed by atoms with Gasteiger partial charge < -0.3 is 5.32 Å². The van der Waals surface area contributed by atoms with Gasteiger partial charge in [0.1, 0.15) is 0 Å². The van der Waals surface area contributed by atoms with Crippen LogP contribution in [-0.2, 0) is 6.54 Å². The number of nitrogens with zero attached hydrogens (tertiary/aromatic N) is 1. The Hall–Kier alpha value is -0.480. The van der Waals surface area contributed by atoms with Crippen molar-refractivity contribution in [3.05, 3.63) is 21.9 Å². The minimum Gasteiger partial charge on any atom is -0.362 e. The van der Waals surface area contributed by atoms with E-state index in [9.17, 15) is 0 Å². The molecule has 2 unspecified atom stereocenters. The molecule has 0 radical (unpaired) electrons. The average Bonchev–Trinajstić information content (AvgIpc) is 2.82. The monoisotopic (exact) mass is 280 g/mol. The normalized spacial score (nSPS) is 29.9. The molecule has 0 spiro atoms. The maximum absolute atomic E-state index is 4.74. The zero-order valence-corrected chi connectivity index (χ0v) is 12.4. The number of nitrogens with one attached hydrogen (secondary N) is 1. The fraction of sp³-hybridized carbons (Fsp3) is 0.643. The molecule has 1 aliphatic heterocycles. The first-order chi connectivity index (χ1) is 8.81. The van der Waals surface area contributed by atoms with E-state index in [1.165, 1.54) is 46.4 Å². The third kappa shape index (κ3) is 2.91. The van der Waals surface area contributed by atoms with E-state index >= 15 is 0 Å². The van der Waals surface area contributed by atoms with Crippen molar-refractivity contribution < 1.29 is 0 Å². The van der Waals surface area contributed by atoms with Crippen molar-refractivity contribution >= 4 is 28.3 Å². The van der Waals surface area contributed by atoms with Gasteiger partial charge in [0, 0.05) is 21.5 Å². The Labute approximate surface area is 117 Å². The molecule has 0 amide bonds. The molecule has 1 aromatic heterocycles. The molecule has 1 saturated heterocycles. The smallest absolute Gasteiger partial charge is 0.157 e. The standard InChI is InChI=1S/C14H20N2S2/c1-10-6-7-12(18-10)8-15-14-16-13-5-3-2-4-11(13)9-17-14/h6-7,11,13H,2-5,8-9H2,1H3,(H,15,16). The van der Waals surface area contributed by atoms with E-state index < -0.39 is 0 Å². The van der Waals surface area contributed by atoms with Gasteiger partial charge in [-0.05, 0) is 37.8 Å². The lowest BCUT2D eigenvalue weighted by Gasteiger charge is -2.36. The second kappa shape index (κ2) is 5.66. The number of aryl methyl sites for hydroxylation is 1. The highest BCUT2D eigenvalue weighted by Crippen LogP contribution is 2.31. The number of thiophene rings is 1. The van der Waals surface area contributed by atoms with Gasteiger partial charge in [-0.3, -0.25) is 4.99 Å². The predicted octanol–water partition coefficient (Wildman–Crippen LogP) is 3.81. The Bertz CT molecular complexity index is 439. The van der Waals surface area contributed by atoms with E-state index in [1.807, 2.05) is 23.1 Å². The summed E-state index contributed by atoms with van der Waals surface area (Å²) >= 11 is 3.77. The molecule has 98 valence electrons. The fourth-order valence-electron chi connectivity index (χ4n) is 2.79. The summed E-state index contributed by atoms with van der Waals surface area (Å²) < 4.78 is 0. The zero-order chi connectivity index (χ0) is 12.4. The summed E-state index contributed by atoms with van der Waals surface area (Å²) in [7, 11) is 0. The molecule has 4 heteroatoms. The molecule has 1 aromatic rings. The van der Waals surface area contributed by atoms with Gasteiger partial charge >= 0.3 is 0 Å². The van der Waals surface area contributed by atoms with Crippen molar-refractivity contribution in [1.82, 2.24) is 5.32 Å². The van der Waals surface area contributed by atoms with Gasteiger partial charge in [0.05, 0.1) is 6.54 Å². The maximum Gasteiger partial charge on any atom is 0.157 e. The molecule has 2 nitrogen and oxygen atoms in total. The van der Waals surface area contributed by atoms with Gasteiger partial charge in [0.15, 0.2) is 5.17 Å². The molecule has 2 fully saturated rings. The van der Waals surface area contributed by atoms with Gasteiger partial charge in [-0.15, -0.1) is 11.3 Å². The quantitative estimate of drug-likeness (QED) is 0.891. The van der Waals surface area contributed by atoms with Crippen molar-refractivity contribution in [3.8, 4) is 0 Å². The molecule has 0 aromatic carbocycles. The Kier molecular flexibility index (Phi) is 3.94. The lowest BCUT2D eigenvalue weighted by Crippen LogP contribution is -2.46. The Morgan fingerprint density at radius 3 is 3.06 bits per heavy atom. The van der Waals surface area contributed by atoms with Crippen molar-refractivity contribution in [1.29, 1.82) is 0 Å². The molecule has 1 saturated carbocycles. The first-order valence-electron chi connectivity index (χ1n) is 6.80. The van der Waals surface area contributed by atoms with Crippen LogP contribution >= 0.6 is 23.1 Å². The molecule has 2 atom stereocenters. The van der Waals surface area contributed by atoms with E-state index in [2.05, 4.69) is 24.4 Å². The van der Waals surface area contributed by atoms with E-state index in [0.717, 1.165) is 12.5 Å². The Morgan fingerprint density at radius 1 is 1.33 bits per heavy atom. The predicted molar refractivity (Wildman–Crippen MR) is 81.5 cm³/mol. The number of rotatable bonds is 2. The summed E-state index contributed by atoms with van der Waals surface area (Å²) in [6.45, 7) is 2.99. The molecule has 1 N–H and O–H groups in total. The van der Waals surface area contributed by atoms with E-state index in [4.69, 9.17) is 4.99 Å². The van der Waals surface area contributed by atoms with Gasteiger partial charge in [-0.1, -0.05) is 24.6 Å². The van der Waals surface area contributed by atoms with E-state index in [0.29, 0.717) is 6.04 Å². The highest BCUT2D eigenvalue weighted by atomic mass is 32.2. The summed E-state index contributed by atoms with van der Waals surface area (Å²) in [5.74, 6) is 2.15. The molecular formula is C14H20N2S2. The van der Waals surface area contributed by atoms with Crippen LogP contribution in [0.15, 0.2) is 17.1 Å². The molecule has 0 bridgehead atoms. The minimum atomic E-state index is 0.698. The van der Waals surface area contributed by atoms with Crippen LogP contribution in [0.2, 0.25) is 0 Å². The van der Waals surface area contributed by atoms with Gasteiger partial charge in [0.25, 0.3) is 0 Å². The third-order valence-corrected chi connectivity index (χ3v) is 5.93. The number of hydrogen-bond acceptors (Lipinski definition) is 3. The van der Waals surface area contributed by atoms with Crippen LogP contribution in [0.25, 0.3) is 0 Å². The van der Waals surface area contributed by atoms with Crippen molar-refractivity contribution in [2.75, 3.05) is 5.75 Å². The molecule has 3 rings (SSSR count). The van der Waals surface area contributed by atoms with E-state index in [-0.39, 0.29) is 0 Å². The van der Waals surface area contributed by atoms with Crippen LogP contribution in [0.5, 0.6) is 0 Å². The van der Waals surface area contributed by atoms with Gasteiger partial charge in [-0.25, -0.2) is 0 Å². The summed E-state index contributed by atoms with van der Waals surface area (Å²) in [5, 5.41) is 4.82. The van der Waals surface area contributed by atoms with Crippen LogP contribution in [-0.4, -0.2) is 17.0 Å². The fourth-order valence-corrected chi connectivity index (χ4v) is 4.77. The first kappa shape index (κ1) is 12.5. The van der Waals surface area contributed by atoms with Crippen LogP contribution < -0.4 is 5.32 Å². The topological polar surface area (TPSA) is 24.4 Å². The van der Waals surface area contributed by atoms with Crippen molar-refractivity contribution in [2.45, 2.75) is 45.2 Å². The lowest BCUT2D eigenvalue weighted by atomic mass is 9.86. The number of thioether (sulfide) groups is 1. The van der Waals surface area contributed by atoms with Crippen LogP contribution in [0.1, 0.15) is 35.4 Å². The molecule has 1 aliphatic carbocycles. The summed E-state index contributed by atoms with van der Waals surface area (Å²) in [6, 6.07) is 5.07. The summed E-state index contributed by atoms with van der Waals surface area (Å²) in [5.41, 5.74) is 0. The van der Waals surface area contributed by atoms with Crippen molar-refractivity contribution in [2.24, 2.45) is 10.9 Å². The van der Waals surface area contributed by atoms with E-state index in [1.54, 1.807) is 0 Å². The SMILES string of the molecule is Cc1ccc(CN=C2NC3CCCCC3CS2)s1. The van der Waals surface area contributed by atoms with Crippen LogP contribution in [0.3, 0.4) is 0 Å². The van der Waals surface area contributed by atoms with Crippen molar-refractivity contribution in [3.63, 3.8) is 0 Å². The lowest BCUT2D eigenvalue weighted by molar-refractivity contribution is 0.311. The largest absolute Gasteiger partial charge is 0.362 e. The second-order valence-corrected chi connectivity index (χ2v) is 7.62. The zero-order valence-electron chi connectivity index (χ0n) is 10.8. The maximum atomic E-state index is 4.74. The third-order valence-electron chi connectivity index (χ3n) is 3.83. The number of amidine groups is 1. The first-order valence-corrected chi connectivity index (χ1v) is 8.60. The highest BCUT2D eigenvalue weighted by Gasteiger charge is 2.30. The molecule has 2 aliphatic rings. The molecule has 2 heterocycles. The number of aliphatic imine (C=N–C) groups is 1. The summed E-state index contributed by atoms with van der Waals surface area (Å²) in [6.07, 6.45) is 5.55. The Morgan fingerprint density at radius 2 is 2.22 bits per heavy atom. The number of fused-ring (bicyclic) bond motifs is 1.